The van der Waals surface area contributed by atoms with Gasteiger partial charge in [-0.05, 0) is 57.5 Å². The minimum absolute atomic E-state index is 0.0403. The van der Waals surface area contributed by atoms with Gasteiger partial charge >= 0.3 is 6.03 Å². The van der Waals surface area contributed by atoms with Crippen molar-refractivity contribution in [3.05, 3.63) is 58.0 Å². The number of piperazine rings is 1. The summed E-state index contributed by atoms with van der Waals surface area (Å²) < 4.78 is 1.42. The number of aromatic nitrogens is 1. The molecule has 0 radical (unpaired) electrons. The number of nitrogens with one attached hydrogen (secondary N) is 2. The summed E-state index contributed by atoms with van der Waals surface area (Å²) in [5, 5.41) is 5.32. The Morgan fingerprint density at radius 2 is 1.71 bits per heavy atom. The summed E-state index contributed by atoms with van der Waals surface area (Å²) in [6, 6.07) is 10.6. The van der Waals surface area contributed by atoms with Crippen LogP contribution in [0.25, 0.3) is 0 Å². The summed E-state index contributed by atoms with van der Waals surface area (Å²) in [5.41, 5.74) is 2.06. The van der Waals surface area contributed by atoms with Gasteiger partial charge in [-0.1, -0.05) is 12.1 Å². The van der Waals surface area contributed by atoms with E-state index in [1.807, 2.05) is 25.1 Å². The van der Waals surface area contributed by atoms with Crippen LogP contribution in [0.1, 0.15) is 25.1 Å². The second-order valence-corrected chi connectivity index (χ2v) is 8.24. The van der Waals surface area contributed by atoms with Crippen LogP contribution in [0, 0.1) is 13.8 Å². The molecule has 1 aliphatic rings. The molecular formula is C23H31N5O3. The topological polar surface area (TPSA) is 86.7 Å². The standard InChI is InChI=1S/C23H31N5O3/c1-16(2)26-10-12-27(13-11-26)21(29)15-28-18(4)8-9-20(22(28)30)25-23(31)24-19-7-5-6-17(3)14-19/h5-9,14,16H,10-13,15H2,1-4H3,(H2,24,25,31). The molecule has 1 fully saturated rings. The highest BCUT2D eigenvalue weighted by Crippen LogP contribution is 2.11. The van der Waals surface area contributed by atoms with E-state index >= 15 is 0 Å². The Morgan fingerprint density at radius 1 is 1.00 bits per heavy atom. The van der Waals surface area contributed by atoms with E-state index in [0.717, 1.165) is 18.7 Å². The van der Waals surface area contributed by atoms with Gasteiger partial charge in [-0.2, -0.15) is 0 Å². The van der Waals surface area contributed by atoms with E-state index in [2.05, 4.69) is 29.4 Å². The second kappa shape index (κ2) is 9.78. The number of nitrogens with zero attached hydrogens (tertiary/aromatic N) is 3. The van der Waals surface area contributed by atoms with Crippen LogP contribution >= 0.6 is 0 Å². The highest BCUT2D eigenvalue weighted by atomic mass is 16.2. The molecule has 0 unspecified atom stereocenters. The normalized spacial score (nSPS) is 14.5. The number of pyridine rings is 1. The molecule has 3 rings (SSSR count). The molecular weight excluding hydrogens is 394 g/mol. The third-order valence-electron chi connectivity index (χ3n) is 5.61. The summed E-state index contributed by atoms with van der Waals surface area (Å²) in [7, 11) is 0. The van der Waals surface area contributed by atoms with E-state index in [0.29, 0.717) is 30.5 Å². The van der Waals surface area contributed by atoms with E-state index in [1.54, 1.807) is 30.0 Å². The number of rotatable bonds is 5. The number of urea groups is 1. The van der Waals surface area contributed by atoms with Crippen molar-refractivity contribution < 1.29 is 9.59 Å². The quantitative estimate of drug-likeness (QED) is 0.771. The van der Waals surface area contributed by atoms with E-state index < -0.39 is 11.6 Å². The van der Waals surface area contributed by atoms with Crippen LogP contribution < -0.4 is 16.2 Å². The third-order valence-corrected chi connectivity index (χ3v) is 5.61. The first-order valence-electron chi connectivity index (χ1n) is 10.6. The largest absolute Gasteiger partial charge is 0.339 e. The van der Waals surface area contributed by atoms with Crippen molar-refractivity contribution in [2.45, 2.75) is 40.3 Å². The average Bonchev–Trinajstić information content (AvgIpc) is 2.73. The fraction of sp³-hybridized carbons (Fsp3) is 0.435. The van der Waals surface area contributed by atoms with Gasteiger partial charge in [-0.15, -0.1) is 0 Å². The van der Waals surface area contributed by atoms with Crippen molar-refractivity contribution in [1.82, 2.24) is 14.4 Å². The van der Waals surface area contributed by atoms with Crippen LogP contribution in [-0.2, 0) is 11.3 Å². The molecule has 0 atom stereocenters. The first kappa shape index (κ1) is 22.6. The maximum absolute atomic E-state index is 12.9. The number of amides is 3. The molecule has 3 amide bonds. The molecule has 2 heterocycles. The van der Waals surface area contributed by atoms with Crippen LogP contribution in [-0.4, -0.2) is 58.5 Å². The van der Waals surface area contributed by atoms with E-state index in [4.69, 9.17) is 0 Å². The molecule has 2 N–H and O–H groups in total. The minimum Gasteiger partial charge on any atom is -0.339 e. The summed E-state index contributed by atoms with van der Waals surface area (Å²) in [4.78, 5) is 42.2. The maximum atomic E-state index is 12.9. The molecule has 0 saturated carbocycles. The predicted octanol–water partition coefficient (Wildman–Crippen LogP) is 2.66. The van der Waals surface area contributed by atoms with Gasteiger partial charge in [0, 0.05) is 43.6 Å². The van der Waals surface area contributed by atoms with Crippen molar-refractivity contribution >= 4 is 23.3 Å². The molecule has 0 aliphatic carbocycles. The van der Waals surface area contributed by atoms with Crippen LogP contribution in [0.4, 0.5) is 16.2 Å². The zero-order valence-electron chi connectivity index (χ0n) is 18.6. The summed E-state index contributed by atoms with van der Waals surface area (Å²) in [6.07, 6.45) is 0. The van der Waals surface area contributed by atoms with Crippen molar-refractivity contribution in [1.29, 1.82) is 0 Å². The Labute approximate surface area is 182 Å². The Kier molecular flexibility index (Phi) is 7.12. The number of carbonyl (C=O) groups is 2. The highest BCUT2D eigenvalue weighted by molar-refractivity contribution is 5.99. The van der Waals surface area contributed by atoms with E-state index in [9.17, 15) is 14.4 Å². The summed E-state index contributed by atoms with van der Waals surface area (Å²) in [5.74, 6) is -0.0880. The van der Waals surface area contributed by atoms with Crippen molar-refractivity contribution in [3.8, 4) is 0 Å². The molecule has 0 spiro atoms. The first-order chi connectivity index (χ1) is 14.7. The van der Waals surface area contributed by atoms with Gasteiger partial charge < -0.3 is 20.1 Å². The van der Waals surface area contributed by atoms with Crippen LogP contribution in [0.5, 0.6) is 0 Å². The van der Waals surface area contributed by atoms with Gasteiger partial charge in [0.05, 0.1) is 0 Å². The number of anilines is 2. The van der Waals surface area contributed by atoms with Crippen LogP contribution in [0.2, 0.25) is 0 Å². The zero-order chi connectivity index (χ0) is 22.5. The van der Waals surface area contributed by atoms with Crippen LogP contribution in [0.15, 0.2) is 41.2 Å². The molecule has 1 saturated heterocycles. The molecule has 2 aromatic rings. The second-order valence-electron chi connectivity index (χ2n) is 8.24. The highest BCUT2D eigenvalue weighted by Gasteiger charge is 2.23. The number of hydrogen-bond donors (Lipinski definition) is 2. The van der Waals surface area contributed by atoms with Gasteiger partial charge in [0.2, 0.25) is 5.91 Å². The Bertz CT molecular complexity index is 1010. The Balaban J connectivity index is 1.67. The molecule has 1 aromatic carbocycles. The maximum Gasteiger partial charge on any atom is 0.323 e. The molecule has 1 aromatic heterocycles. The molecule has 8 heteroatoms. The van der Waals surface area contributed by atoms with E-state index in [1.165, 1.54) is 4.57 Å². The molecule has 8 nitrogen and oxygen atoms in total. The molecule has 31 heavy (non-hydrogen) atoms. The van der Waals surface area contributed by atoms with Crippen LogP contribution in [0.3, 0.4) is 0 Å². The lowest BCUT2D eigenvalue weighted by Crippen LogP contribution is -2.51. The zero-order valence-corrected chi connectivity index (χ0v) is 18.6. The molecule has 0 bridgehead atoms. The number of aryl methyl sites for hydroxylation is 2. The number of carbonyl (C=O) groups excluding carboxylic acids is 2. The average molecular weight is 426 g/mol. The number of benzene rings is 1. The first-order valence-corrected chi connectivity index (χ1v) is 10.6. The van der Waals surface area contributed by atoms with Gasteiger partial charge in [-0.25, -0.2) is 4.79 Å². The summed E-state index contributed by atoms with van der Waals surface area (Å²) >= 11 is 0. The Morgan fingerprint density at radius 3 is 2.35 bits per heavy atom. The molecule has 166 valence electrons. The fourth-order valence-corrected chi connectivity index (χ4v) is 3.69. The minimum atomic E-state index is -0.505. The van der Waals surface area contributed by atoms with Gasteiger partial charge in [-0.3, -0.25) is 14.5 Å². The van der Waals surface area contributed by atoms with Gasteiger partial charge in [0.1, 0.15) is 12.2 Å². The molecule has 1 aliphatic heterocycles. The third kappa shape index (κ3) is 5.73. The lowest BCUT2D eigenvalue weighted by Gasteiger charge is -2.37. The predicted molar refractivity (Wildman–Crippen MR) is 123 cm³/mol. The lowest BCUT2D eigenvalue weighted by atomic mass is 10.2. The van der Waals surface area contributed by atoms with Gasteiger partial charge in [0.25, 0.3) is 5.56 Å². The lowest BCUT2D eigenvalue weighted by molar-refractivity contribution is -0.133. The monoisotopic (exact) mass is 425 g/mol. The van der Waals surface area contributed by atoms with Crippen molar-refractivity contribution in [2.75, 3.05) is 36.8 Å². The SMILES string of the molecule is Cc1cccc(NC(=O)Nc2ccc(C)n(CC(=O)N3CCN(C(C)C)CC3)c2=O)c1. The smallest absolute Gasteiger partial charge is 0.323 e. The van der Waals surface area contributed by atoms with Gasteiger partial charge in [0.15, 0.2) is 0 Å². The fourth-order valence-electron chi connectivity index (χ4n) is 3.69. The summed E-state index contributed by atoms with van der Waals surface area (Å²) in [6.45, 7) is 10.9. The number of hydrogen-bond acceptors (Lipinski definition) is 4. The van der Waals surface area contributed by atoms with Crippen molar-refractivity contribution in [2.24, 2.45) is 0 Å². The van der Waals surface area contributed by atoms with Crippen molar-refractivity contribution in [3.63, 3.8) is 0 Å². The Hall–Kier alpha value is -3.13. The van der Waals surface area contributed by atoms with E-state index in [-0.39, 0.29) is 18.1 Å².